The van der Waals surface area contributed by atoms with Crippen LogP contribution in [0.2, 0.25) is 0 Å². The van der Waals surface area contributed by atoms with Gasteiger partial charge in [0, 0.05) is 29.5 Å². The number of sulfone groups is 1. The summed E-state index contributed by atoms with van der Waals surface area (Å²) in [6.45, 7) is 3.88. The van der Waals surface area contributed by atoms with E-state index >= 15 is 0 Å². The van der Waals surface area contributed by atoms with Crippen LogP contribution in [0.15, 0.2) is 12.1 Å². The second-order valence-electron chi connectivity index (χ2n) is 4.84. The molecule has 1 aliphatic heterocycles. The molecule has 116 valence electrons. The molecule has 1 N–H and O–H groups in total. The maximum atomic E-state index is 12.2. The summed E-state index contributed by atoms with van der Waals surface area (Å²) in [6.07, 6.45) is 0. The Morgan fingerprint density at radius 1 is 1.52 bits per heavy atom. The second-order valence-corrected chi connectivity index (χ2v) is 8.43. The Bertz CT molecular complexity index is 646. The minimum absolute atomic E-state index is 0.0618. The minimum Gasteiger partial charge on any atom is -0.478 e. The number of rotatable bonds is 4. The lowest BCUT2D eigenvalue weighted by Gasteiger charge is -2.35. The van der Waals surface area contributed by atoms with Crippen molar-refractivity contribution in [2.24, 2.45) is 0 Å². The second kappa shape index (κ2) is 6.23. The normalized spacial score (nSPS) is 19.5. The fourth-order valence-corrected chi connectivity index (χ4v) is 5.23. The van der Waals surface area contributed by atoms with Crippen LogP contribution in [-0.2, 0) is 9.84 Å². The number of anilines is 1. The van der Waals surface area contributed by atoms with Gasteiger partial charge in [0.05, 0.1) is 5.56 Å². The van der Waals surface area contributed by atoms with E-state index in [0.29, 0.717) is 23.8 Å². The summed E-state index contributed by atoms with van der Waals surface area (Å²) in [6, 6.07) is 2.93. The molecule has 0 spiro atoms. The Labute approximate surface area is 128 Å². The largest absolute Gasteiger partial charge is 0.478 e. The summed E-state index contributed by atoms with van der Waals surface area (Å²) in [5.74, 6) is 0.728. The number of hydrogen-bond acceptors (Lipinski definition) is 6. The maximum absolute atomic E-state index is 12.2. The van der Waals surface area contributed by atoms with Gasteiger partial charge in [-0.05, 0) is 19.1 Å². The molecule has 2 heterocycles. The lowest BCUT2D eigenvalue weighted by Crippen LogP contribution is -2.48. The molecule has 21 heavy (non-hydrogen) atoms. The average molecular weight is 330 g/mol. The molecule has 0 aromatic carbocycles. The van der Waals surface area contributed by atoms with Crippen LogP contribution in [0, 0.1) is 6.92 Å². The van der Waals surface area contributed by atoms with Gasteiger partial charge in [-0.15, -0.1) is 0 Å². The highest BCUT2D eigenvalue weighted by molar-refractivity contribution is 8.01. The van der Waals surface area contributed by atoms with E-state index < -0.39 is 21.2 Å². The molecule has 6 nitrogen and oxygen atoms in total. The van der Waals surface area contributed by atoms with Crippen molar-refractivity contribution in [2.45, 2.75) is 19.2 Å². The quantitative estimate of drug-likeness (QED) is 0.893. The highest BCUT2D eigenvalue weighted by Crippen LogP contribution is 2.27. The Balaban J connectivity index is 2.45. The van der Waals surface area contributed by atoms with Crippen molar-refractivity contribution in [1.29, 1.82) is 0 Å². The highest BCUT2D eigenvalue weighted by atomic mass is 32.2. The SMILES string of the molecule is CCS(=O)(=O)C1CSCCN1c1cc(C(=O)O)cc(C)n1. The van der Waals surface area contributed by atoms with E-state index in [2.05, 4.69) is 4.98 Å². The van der Waals surface area contributed by atoms with Crippen LogP contribution in [0.3, 0.4) is 0 Å². The molecule has 0 aliphatic carbocycles. The smallest absolute Gasteiger partial charge is 0.335 e. The third-order valence-electron chi connectivity index (χ3n) is 3.38. The van der Waals surface area contributed by atoms with E-state index in [1.807, 2.05) is 0 Å². The van der Waals surface area contributed by atoms with Crippen molar-refractivity contribution in [3.63, 3.8) is 0 Å². The van der Waals surface area contributed by atoms with Crippen LogP contribution in [0.25, 0.3) is 0 Å². The van der Waals surface area contributed by atoms with Crippen LogP contribution < -0.4 is 4.90 Å². The molecule has 1 aromatic heterocycles. The summed E-state index contributed by atoms with van der Waals surface area (Å²) in [4.78, 5) is 17.2. The van der Waals surface area contributed by atoms with Gasteiger partial charge >= 0.3 is 5.97 Å². The van der Waals surface area contributed by atoms with E-state index in [0.717, 1.165) is 5.75 Å². The van der Waals surface area contributed by atoms with E-state index in [1.54, 1.807) is 30.5 Å². The summed E-state index contributed by atoms with van der Waals surface area (Å²) >= 11 is 1.59. The number of thioether (sulfide) groups is 1. The predicted molar refractivity (Wildman–Crippen MR) is 83.9 cm³/mol. The molecular formula is C13H18N2O4S2. The number of pyridine rings is 1. The topological polar surface area (TPSA) is 87.6 Å². The van der Waals surface area contributed by atoms with Gasteiger partial charge in [-0.2, -0.15) is 11.8 Å². The molecule has 0 radical (unpaired) electrons. The molecule has 0 bridgehead atoms. The summed E-state index contributed by atoms with van der Waals surface area (Å²) in [5, 5.41) is 8.49. The molecule has 0 saturated carbocycles. The van der Waals surface area contributed by atoms with Crippen molar-refractivity contribution in [3.05, 3.63) is 23.4 Å². The van der Waals surface area contributed by atoms with Crippen LogP contribution in [0.5, 0.6) is 0 Å². The molecule has 1 aliphatic rings. The molecule has 1 atom stereocenters. The van der Waals surface area contributed by atoms with E-state index in [-0.39, 0.29) is 11.3 Å². The number of carbonyl (C=O) groups is 1. The summed E-state index contributed by atoms with van der Waals surface area (Å²) in [5.41, 5.74) is 0.694. The van der Waals surface area contributed by atoms with Gasteiger partial charge in [-0.3, -0.25) is 0 Å². The first-order chi connectivity index (χ1) is 9.85. The van der Waals surface area contributed by atoms with E-state index in [9.17, 15) is 13.2 Å². The minimum atomic E-state index is -3.25. The van der Waals surface area contributed by atoms with Crippen molar-refractivity contribution >= 4 is 33.4 Å². The number of aromatic nitrogens is 1. The number of aromatic carboxylic acids is 1. The van der Waals surface area contributed by atoms with Crippen LogP contribution >= 0.6 is 11.8 Å². The van der Waals surface area contributed by atoms with Gasteiger partial charge in [-0.25, -0.2) is 18.2 Å². The van der Waals surface area contributed by atoms with Gasteiger partial charge in [0.2, 0.25) is 0 Å². The van der Waals surface area contributed by atoms with Gasteiger partial charge < -0.3 is 10.0 Å². The van der Waals surface area contributed by atoms with Crippen molar-refractivity contribution in [1.82, 2.24) is 4.98 Å². The fourth-order valence-electron chi connectivity index (χ4n) is 2.25. The number of carboxylic acids is 1. The van der Waals surface area contributed by atoms with E-state index in [4.69, 9.17) is 5.11 Å². The van der Waals surface area contributed by atoms with Crippen molar-refractivity contribution in [2.75, 3.05) is 28.7 Å². The zero-order valence-corrected chi connectivity index (χ0v) is 13.6. The first-order valence-corrected chi connectivity index (χ1v) is 9.50. The zero-order valence-electron chi connectivity index (χ0n) is 11.9. The standard InChI is InChI=1S/C13H18N2O4S2/c1-3-21(18,19)12-8-20-5-4-15(12)11-7-10(13(16)17)6-9(2)14-11/h6-7,12H,3-5,8H2,1-2H3,(H,16,17). The monoisotopic (exact) mass is 330 g/mol. The van der Waals surface area contributed by atoms with Crippen LogP contribution in [0.4, 0.5) is 5.82 Å². The predicted octanol–water partition coefficient (Wildman–Crippen LogP) is 1.40. The average Bonchev–Trinajstić information content (AvgIpc) is 2.46. The first kappa shape index (κ1) is 16.1. The lowest BCUT2D eigenvalue weighted by molar-refractivity contribution is 0.0696. The fraction of sp³-hybridized carbons (Fsp3) is 0.538. The summed E-state index contributed by atoms with van der Waals surface area (Å²) < 4.78 is 24.5. The number of carboxylic acid groups (broad SMARTS) is 1. The van der Waals surface area contributed by atoms with E-state index in [1.165, 1.54) is 12.1 Å². The molecule has 2 rings (SSSR count). The third kappa shape index (κ3) is 3.49. The molecule has 1 aromatic rings. The molecule has 1 fully saturated rings. The van der Waals surface area contributed by atoms with Gasteiger partial charge in [0.15, 0.2) is 9.84 Å². The van der Waals surface area contributed by atoms with Gasteiger partial charge in [-0.1, -0.05) is 6.92 Å². The van der Waals surface area contributed by atoms with Crippen LogP contribution in [-0.4, -0.2) is 53.7 Å². The molecule has 1 unspecified atom stereocenters. The molecule has 8 heteroatoms. The Morgan fingerprint density at radius 2 is 2.24 bits per heavy atom. The third-order valence-corrected chi connectivity index (χ3v) is 6.67. The molecule has 0 amide bonds. The molecular weight excluding hydrogens is 312 g/mol. The van der Waals surface area contributed by atoms with Gasteiger partial charge in [0.25, 0.3) is 0 Å². The number of aryl methyl sites for hydroxylation is 1. The molecule has 1 saturated heterocycles. The van der Waals surface area contributed by atoms with Crippen LogP contribution in [0.1, 0.15) is 23.0 Å². The van der Waals surface area contributed by atoms with Crippen molar-refractivity contribution in [3.8, 4) is 0 Å². The van der Waals surface area contributed by atoms with Gasteiger partial charge in [0.1, 0.15) is 11.2 Å². The zero-order chi connectivity index (χ0) is 15.6. The van der Waals surface area contributed by atoms with Crippen molar-refractivity contribution < 1.29 is 18.3 Å². The number of nitrogens with zero attached hydrogens (tertiary/aromatic N) is 2. The number of hydrogen-bond donors (Lipinski definition) is 1. The Hall–Kier alpha value is -1.28. The first-order valence-electron chi connectivity index (χ1n) is 6.63. The summed E-state index contributed by atoms with van der Waals surface area (Å²) in [7, 11) is -3.25. The highest BCUT2D eigenvalue weighted by Gasteiger charge is 2.34. The Kier molecular flexibility index (Phi) is 4.77. The lowest BCUT2D eigenvalue weighted by atomic mass is 10.2. The Morgan fingerprint density at radius 3 is 2.86 bits per heavy atom. The maximum Gasteiger partial charge on any atom is 0.335 e.